The van der Waals surface area contributed by atoms with Crippen molar-refractivity contribution in [1.82, 2.24) is 0 Å². The summed E-state index contributed by atoms with van der Waals surface area (Å²) in [5.41, 5.74) is -0.755. The number of carbonyl (C=O) groups excluding carboxylic acids is 1. The number of hydrogen-bond donors (Lipinski definition) is 2. The highest BCUT2D eigenvalue weighted by Gasteiger charge is 2.16. The molecule has 1 amide bonds. The molecule has 0 unspecified atom stereocenters. The molecule has 1 aromatic carbocycles. The molecule has 4 nitrogen and oxygen atoms in total. The smallest absolute Gasteiger partial charge is 0.337 e. The van der Waals surface area contributed by atoms with Crippen LogP contribution in [0.25, 0.3) is 0 Å². The molecule has 0 aliphatic carbocycles. The first-order chi connectivity index (χ1) is 6.91. The van der Waals surface area contributed by atoms with Crippen LogP contribution in [0.4, 0.5) is 10.1 Å². The molecule has 0 radical (unpaired) electrons. The Balaban J connectivity index is 3.33. The Hall–Kier alpha value is -1.62. The van der Waals surface area contributed by atoms with Crippen molar-refractivity contribution in [1.29, 1.82) is 0 Å². The molecule has 6 heteroatoms. The molecule has 0 atom stereocenters. The monoisotopic (exact) mass is 231 g/mol. The average molecular weight is 232 g/mol. The molecule has 0 aliphatic rings. The fraction of sp³-hybridized carbons (Fsp3) is 0.111. The van der Waals surface area contributed by atoms with Gasteiger partial charge in [0, 0.05) is 11.9 Å². The molecule has 0 bridgehead atoms. The Kier molecular flexibility index (Phi) is 3.26. The van der Waals surface area contributed by atoms with E-state index in [0.717, 1.165) is 19.1 Å². The zero-order valence-electron chi connectivity index (χ0n) is 7.67. The van der Waals surface area contributed by atoms with Gasteiger partial charge in [-0.2, -0.15) is 0 Å². The molecule has 0 aliphatic heterocycles. The van der Waals surface area contributed by atoms with Crippen LogP contribution < -0.4 is 5.32 Å². The molecular formula is C9H7ClFNO3. The number of nitrogens with one attached hydrogen (secondary N) is 1. The molecule has 1 aromatic rings. The maximum absolute atomic E-state index is 13.3. The number of halogens is 2. The lowest BCUT2D eigenvalue weighted by molar-refractivity contribution is -0.114. The standard InChI is InChI=1S/C9H7ClFNO3/c1-4(13)12-8-6(9(14)15)2-5(10)3-7(8)11/h2-3H,1H3,(H,12,13)(H,14,15). The van der Waals surface area contributed by atoms with E-state index < -0.39 is 17.7 Å². The first-order valence-electron chi connectivity index (χ1n) is 3.91. The minimum atomic E-state index is -1.36. The Bertz CT molecular complexity index is 434. The highest BCUT2D eigenvalue weighted by Crippen LogP contribution is 2.24. The summed E-state index contributed by atoms with van der Waals surface area (Å²) in [6, 6.07) is 2.00. The highest BCUT2D eigenvalue weighted by molar-refractivity contribution is 6.31. The third-order valence-electron chi connectivity index (χ3n) is 1.59. The fourth-order valence-corrected chi connectivity index (χ4v) is 1.25. The number of benzene rings is 1. The lowest BCUT2D eigenvalue weighted by Crippen LogP contribution is -2.12. The summed E-state index contributed by atoms with van der Waals surface area (Å²) in [5, 5.41) is 10.8. The van der Waals surface area contributed by atoms with Gasteiger partial charge < -0.3 is 10.4 Å². The van der Waals surface area contributed by atoms with E-state index in [2.05, 4.69) is 5.32 Å². The number of hydrogen-bond acceptors (Lipinski definition) is 2. The topological polar surface area (TPSA) is 66.4 Å². The van der Waals surface area contributed by atoms with Crippen LogP contribution in [0.15, 0.2) is 12.1 Å². The number of carboxylic acids is 1. The number of anilines is 1. The SMILES string of the molecule is CC(=O)Nc1c(F)cc(Cl)cc1C(=O)O. The van der Waals surface area contributed by atoms with E-state index >= 15 is 0 Å². The van der Waals surface area contributed by atoms with Crippen molar-refractivity contribution in [3.05, 3.63) is 28.5 Å². The first kappa shape index (κ1) is 11.5. The molecule has 80 valence electrons. The average Bonchev–Trinajstić information content (AvgIpc) is 2.08. The van der Waals surface area contributed by atoms with Crippen LogP contribution in [-0.2, 0) is 4.79 Å². The summed E-state index contributed by atoms with van der Waals surface area (Å²) in [4.78, 5) is 21.5. The van der Waals surface area contributed by atoms with E-state index in [-0.39, 0.29) is 16.3 Å². The molecule has 0 aromatic heterocycles. The summed E-state index contributed by atoms with van der Waals surface area (Å²) < 4.78 is 13.3. The van der Waals surface area contributed by atoms with Crippen molar-refractivity contribution < 1.29 is 19.1 Å². The second kappa shape index (κ2) is 4.27. The Morgan fingerprint density at radius 2 is 2.07 bits per heavy atom. The normalized spacial score (nSPS) is 9.80. The van der Waals surface area contributed by atoms with Crippen LogP contribution in [0.2, 0.25) is 5.02 Å². The molecule has 0 heterocycles. The van der Waals surface area contributed by atoms with Crippen molar-refractivity contribution >= 4 is 29.2 Å². The van der Waals surface area contributed by atoms with E-state index in [1.54, 1.807) is 0 Å². The van der Waals surface area contributed by atoms with Gasteiger partial charge in [0.2, 0.25) is 5.91 Å². The van der Waals surface area contributed by atoms with Crippen LogP contribution in [0, 0.1) is 5.82 Å². The van der Waals surface area contributed by atoms with Crippen molar-refractivity contribution in [2.75, 3.05) is 5.32 Å². The van der Waals surface area contributed by atoms with Gasteiger partial charge in [-0.25, -0.2) is 9.18 Å². The number of amides is 1. The van der Waals surface area contributed by atoms with Crippen LogP contribution in [0.5, 0.6) is 0 Å². The maximum Gasteiger partial charge on any atom is 0.337 e. The predicted octanol–water partition coefficient (Wildman–Crippen LogP) is 2.14. The number of carbonyl (C=O) groups is 2. The highest BCUT2D eigenvalue weighted by atomic mass is 35.5. The van der Waals surface area contributed by atoms with Gasteiger partial charge in [0.25, 0.3) is 0 Å². The minimum Gasteiger partial charge on any atom is -0.478 e. The van der Waals surface area contributed by atoms with Gasteiger partial charge >= 0.3 is 5.97 Å². The van der Waals surface area contributed by atoms with Crippen LogP contribution in [-0.4, -0.2) is 17.0 Å². The third kappa shape index (κ3) is 2.66. The van der Waals surface area contributed by atoms with Crippen molar-refractivity contribution in [2.24, 2.45) is 0 Å². The van der Waals surface area contributed by atoms with E-state index in [0.29, 0.717) is 0 Å². The Morgan fingerprint density at radius 3 is 2.53 bits per heavy atom. The fourth-order valence-electron chi connectivity index (χ4n) is 1.05. The van der Waals surface area contributed by atoms with Gasteiger partial charge in [0.1, 0.15) is 5.82 Å². The Morgan fingerprint density at radius 1 is 1.47 bits per heavy atom. The molecule has 0 fully saturated rings. The number of aromatic carboxylic acids is 1. The zero-order chi connectivity index (χ0) is 11.6. The van der Waals surface area contributed by atoms with Gasteiger partial charge in [-0.3, -0.25) is 4.79 Å². The molecular weight excluding hydrogens is 225 g/mol. The van der Waals surface area contributed by atoms with E-state index in [1.807, 2.05) is 0 Å². The van der Waals surface area contributed by atoms with E-state index in [4.69, 9.17) is 16.7 Å². The number of carboxylic acid groups (broad SMARTS) is 1. The maximum atomic E-state index is 13.3. The van der Waals surface area contributed by atoms with Gasteiger partial charge in [-0.05, 0) is 12.1 Å². The lowest BCUT2D eigenvalue weighted by atomic mass is 10.1. The van der Waals surface area contributed by atoms with Gasteiger partial charge in [0.05, 0.1) is 11.3 Å². The first-order valence-corrected chi connectivity index (χ1v) is 4.29. The molecule has 0 spiro atoms. The van der Waals surface area contributed by atoms with Crippen LogP contribution >= 0.6 is 11.6 Å². The summed E-state index contributed by atoms with van der Waals surface area (Å²) in [6.45, 7) is 1.15. The Labute approximate surface area is 89.7 Å². The predicted molar refractivity (Wildman–Crippen MR) is 52.7 cm³/mol. The molecule has 0 saturated heterocycles. The summed E-state index contributed by atoms with van der Waals surface area (Å²) in [5.74, 6) is -2.80. The lowest BCUT2D eigenvalue weighted by Gasteiger charge is -2.08. The quantitative estimate of drug-likeness (QED) is 0.820. The van der Waals surface area contributed by atoms with Crippen molar-refractivity contribution in [3.63, 3.8) is 0 Å². The largest absolute Gasteiger partial charge is 0.478 e. The summed E-state index contributed by atoms with van der Waals surface area (Å²) in [7, 11) is 0. The van der Waals surface area contributed by atoms with Crippen molar-refractivity contribution in [2.45, 2.75) is 6.92 Å². The van der Waals surface area contributed by atoms with Crippen LogP contribution in [0.1, 0.15) is 17.3 Å². The van der Waals surface area contributed by atoms with E-state index in [1.165, 1.54) is 0 Å². The number of rotatable bonds is 2. The molecule has 1 rings (SSSR count). The van der Waals surface area contributed by atoms with Crippen molar-refractivity contribution in [3.8, 4) is 0 Å². The van der Waals surface area contributed by atoms with Gasteiger partial charge in [0.15, 0.2) is 0 Å². The molecule has 2 N–H and O–H groups in total. The summed E-state index contributed by atoms with van der Waals surface area (Å²) in [6.07, 6.45) is 0. The van der Waals surface area contributed by atoms with Crippen LogP contribution in [0.3, 0.4) is 0 Å². The second-order valence-corrected chi connectivity index (χ2v) is 3.23. The van der Waals surface area contributed by atoms with E-state index in [9.17, 15) is 14.0 Å². The minimum absolute atomic E-state index is 0.0426. The second-order valence-electron chi connectivity index (χ2n) is 2.80. The van der Waals surface area contributed by atoms with Gasteiger partial charge in [-0.15, -0.1) is 0 Å². The molecule has 0 saturated carbocycles. The molecule has 15 heavy (non-hydrogen) atoms. The van der Waals surface area contributed by atoms with Gasteiger partial charge in [-0.1, -0.05) is 11.6 Å². The third-order valence-corrected chi connectivity index (χ3v) is 1.80. The zero-order valence-corrected chi connectivity index (χ0v) is 8.43. The summed E-state index contributed by atoms with van der Waals surface area (Å²) >= 11 is 5.49.